The highest BCUT2D eigenvalue weighted by molar-refractivity contribution is 9.10. The summed E-state index contributed by atoms with van der Waals surface area (Å²) in [6, 6.07) is 18.7. The number of nitrogens with zero attached hydrogens (tertiary/aromatic N) is 2. The fraction of sp³-hybridized carbons (Fsp3) is 0.310. The van der Waals surface area contributed by atoms with Crippen molar-refractivity contribution in [1.29, 1.82) is 0 Å². The van der Waals surface area contributed by atoms with E-state index in [-0.39, 0.29) is 23.3 Å². The molecule has 0 aliphatic heterocycles. The van der Waals surface area contributed by atoms with Crippen LogP contribution in [-0.4, -0.2) is 44.3 Å². The first-order valence-corrected chi connectivity index (χ1v) is 15.8. The van der Waals surface area contributed by atoms with Crippen molar-refractivity contribution in [3.05, 3.63) is 92.9 Å². The molecule has 40 heavy (non-hydrogen) atoms. The van der Waals surface area contributed by atoms with E-state index in [2.05, 4.69) is 21.2 Å². The molecule has 0 aliphatic rings. The lowest BCUT2D eigenvalue weighted by Gasteiger charge is -2.33. The van der Waals surface area contributed by atoms with E-state index in [4.69, 9.17) is 23.2 Å². The van der Waals surface area contributed by atoms with E-state index in [9.17, 15) is 18.0 Å². The third-order valence-electron chi connectivity index (χ3n) is 6.13. The highest BCUT2D eigenvalue weighted by Gasteiger charge is 2.33. The molecule has 3 rings (SSSR count). The molecule has 0 radical (unpaired) electrons. The molecule has 1 N–H and O–H groups in total. The Hall–Kier alpha value is -2.59. The summed E-state index contributed by atoms with van der Waals surface area (Å²) < 4.78 is 29.4. The van der Waals surface area contributed by atoms with E-state index < -0.39 is 28.5 Å². The van der Waals surface area contributed by atoms with E-state index in [0.29, 0.717) is 34.3 Å². The second kappa shape index (κ2) is 14.3. The molecule has 2 amide bonds. The standard InChI is InChI=1S/C29H32BrCl2N3O4S/c1-4-27(29(37)33-17-20(2)3)34(18-21-10-15-25(31)26(32)16-21)28(36)19-35(23-13-11-22(30)12-14-23)40(38,39)24-8-6-5-7-9-24/h5-16,20,27H,4,17-19H2,1-3H3,(H,33,37)/t27-/m1/s1. The van der Waals surface area contributed by atoms with Crippen LogP contribution < -0.4 is 9.62 Å². The van der Waals surface area contributed by atoms with Gasteiger partial charge in [0, 0.05) is 17.6 Å². The lowest BCUT2D eigenvalue weighted by Crippen LogP contribution is -2.52. The normalized spacial score (nSPS) is 12.2. The summed E-state index contributed by atoms with van der Waals surface area (Å²) in [5, 5.41) is 3.58. The van der Waals surface area contributed by atoms with Gasteiger partial charge in [0.25, 0.3) is 10.0 Å². The number of hydrogen-bond acceptors (Lipinski definition) is 4. The number of sulfonamides is 1. The smallest absolute Gasteiger partial charge is 0.264 e. The Morgan fingerprint density at radius 2 is 1.60 bits per heavy atom. The Morgan fingerprint density at radius 1 is 0.950 bits per heavy atom. The van der Waals surface area contributed by atoms with Gasteiger partial charge in [0.1, 0.15) is 12.6 Å². The molecule has 11 heteroatoms. The third kappa shape index (κ3) is 8.22. The van der Waals surface area contributed by atoms with Gasteiger partial charge in [-0.2, -0.15) is 0 Å². The van der Waals surface area contributed by atoms with Gasteiger partial charge in [0.05, 0.1) is 20.6 Å². The van der Waals surface area contributed by atoms with E-state index in [1.807, 2.05) is 20.8 Å². The monoisotopic (exact) mass is 667 g/mol. The van der Waals surface area contributed by atoms with Crippen LogP contribution in [0.4, 0.5) is 5.69 Å². The Morgan fingerprint density at radius 3 is 2.17 bits per heavy atom. The third-order valence-corrected chi connectivity index (χ3v) is 9.19. The molecule has 3 aromatic rings. The van der Waals surface area contributed by atoms with Crippen molar-refractivity contribution in [2.75, 3.05) is 17.4 Å². The van der Waals surface area contributed by atoms with Gasteiger partial charge in [-0.3, -0.25) is 13.9 Å². The predicted octanol–water partition coefficient (Wildman–Crippen LogP) is 6.53. The molecule has 1 atom stereocenters. The molecule has 7 nitrogen and oxygen atoms in total. The SMILES string of the molecule is CC[C@H](C(=O)NCC(C)C)N(Cc1ccc(Cl)c(Cl)c1)C(=O)CN(c1ccc(Br)cc1)S(=O)(=O)c1ccccc1. The highest BCUT2D eigenvalue weighted by Crippen LogP contribution is 2.27. The van der Waals surface area contributed by atoms with Crippen molar-refractivity contribution >= 4 is 66.7 Å². The summed E-state index contributed by atoms with van der Waals surface area (Å²) in [5.74, 6) is -0.643. The minimum absolute atomic E-state index is 0.0306. The van der Waals surface area contributed by atoms with Crippen molar-refractivity contribution in [2.45, 2.75) is 44.7 Å². The van der Waals surface area contributed by atoms with E-state index in [0.717, 1.165) is 8.78 Å². The average Bonchev–Trinajstić information content (AvgIpc) is 2.93. The Balaban J connectivity index is 2.04. The molecule has 0 aromatic heterocycles. The molecule has 0 aliphatic carbocycles. The minimum atomic E-state index is -4.12. The fourth-order valence-corrected chi connectivity index (χ4v) is 6.05. The van der Waals surface area contributed by atoms with Crippen LogP contribution in [0.2, 0.25) is 10.0 Å². The number of anilines is 1. The highest BCUT2D eigenvalue weighted by atomic mass is 79.9. The molecular weight excluding hydrogens is 637 g/mol. The molecule has 0 heterocycles. The van der Waals surface area contributed by atoms with Gasteiger partial charge in [0.2, 0.25) is 11.8 Å². The van der Waals surface area contributed by atoms with Crippen LogP contribution in [0, 0.1) is 5.92 Å². The lowest BCUT2D eigenvalue weighted by molar-refractivity contribution is -0.140. The van der Waals surface area contributed by atoms with E-state index in [1.54, 1.807) is 60.7 Å². The van der Waals surface area contributed by atoms with Crippen LogP contribution in [0.1, 0.15) is 32.8 Å². The van der Waals surface area contributed by atoms with Crippen molar-refractivity contribution in [2.24, 2.45) is 5.92 Å². The van der Waals surface area contributed by atoms with E-state index in [1.165, 1.54) is 17.0 Å². The van der Waals surface area contributed by atoms with Crippen molar-refractivity contribution in [1.82, 2.24) is 10.2 Å². The van der Waals surface area contributed by atoms with Gasteiger partial charge < -0.3 is 10.2 Å². The number of carbonyl (C=O) groups excluding carboxylic acids is 2. The molecule has 214 valence electrons. The topological polar surface area (TPSA) is 86.8 Å². The Labute approximate surface area is 254 Å². The second-order valence-electron chi connectivity index (χ2n) is 9.63. The summed E-state index contributed by atoms with van der Waals surface area (Å²) in [5.41, 5.74) is 0.964. The number of hydrogen-bond donors (Lipinski definition) is 1. The predicted molar refractivity (Wildman–Crippen MR) is 164 cm³/mol. The number of benzene rings is 3. The first kappa shape index (κ1) is 31.9. The van der Waals surface area contributed by atoms with Crippen molar-refractivity contribution in [3.8, 4) is 0 Å². The zero-order chi connectivity index (χ0) is 29.4. The summed E-state index contributed by atoms with van der Waals surface area (Å²) >= 11 is 15.7. The Kier molecular flexibility index (Phi) is 11.5. The number of carbonyl (C=O) groups is 2. The van der Waals surface area contributed by atoms with Crippen LogP contribution >= 0.6 is 39.1 Å². The van der Waals surface area contributed by atoms with E-state index >= 15 is 0 Å². The van der Waals surface area contributed by atoms with Gasteiger partial charge >= 0.3 is 0 Å². The van der Waals surface area contributed by atoms with Gasteiger partial charge in [-0.25, -0.2) is 8.42 Å². The number of rotatable bonds is 12. The summed E-state index contributed by atoms with van der Waals surface area (Å²) in [4.78, 5) is 28.8. The van der Waals surface area contributed by atoms with Crippen LogP contribution in [0.25, 0.3) is 0 Å². The fourth-order valence-electron chi connectivity index (χ4n) is 4.03. The molecule has 0 spiro atoms. The molecule has 0 saturated heterocycles. The number of halogens is 3. The average molecular weight is 669 g/mol. The molecule has 0 fully saturated rings. The summed E-state index contributed by atoms with van der Waals surface area (Å²) in [6.07, 6.45) is 0.320. The number of nitrogens with one attached hydrogen (secondary N) is 1. The molecular formula is C29H32BrCl2N3O4S. The van der Waals surface area contributed by atoms with Crippen LogP contribution in [0.3, 0.4) is 0 Å². The van der Waals surface area contributed by atoms with Crippen molar-refractivity contribution in [3.63, 3.8) is 0 Å². The second-order valence-corrected chi connectivity index (χ2v) is 13.2. The summed E-state index contributed by atoms with van der Waals surface area (Å²) in [7, 11) is -4.12. The molecule has 0 bridgehead atoms. The van der Waals surface area contributed by atoms with Gasteiger partial charge in [-0.1, -0.05) is 84.2 Å². The van der Waals surface area contributed by atoms with Gasteiger partial charge in [-0.15, -0.1) is 0 Å². The quantitative estimate of drug-likeness (QED) is 0.238. The molecule has 3 aromatic carbocycles. The van der Waals surface area contributed by atoms with Gasteiger partial charge in [0.15, 0.2) is 0 Å². The zero-order valence-electron chi connectivity index (χ0n) is 22.5. The largest absolute Gasteiger partial charge is 0.354 e. The maximum atomic E-state index is 14.0. The van der Waals surface area contributed by atoms with Crippen molar-refractivity contribution < 1.29 is 18.0 Å². The minimum Gasteiger partial charge on any atom is -0.354 e. The van der Waals surface area contributed by atoms with Crippen LogP contribution in [0.5, 0.6) is 0 Å². The first-order chi connectivity index (χ1) is 18.9. The lowest BCUT2D eigenvalue weighted by atomic mass is 10.1. The van der Waals surface area contributed by atoms with Crippen LogP contribution in [0.15, 0.2) is 82.2 Å². The first-order valence-electron chi connectivity index (χ1n) is 12.8. The molecule has 0 unspecified atom stereocenters. The van der Waals surface area contributed by atoms with Crippen LogP contribution in [-0.2, 0) is 26.2 Å². The Bertz CT molecular complexity index is 1420. The summed E-state index contributed by atoms with van der Waals surface area (Å²) in [6.45, 7) is 5.71. The number of amides is 2. The van der Waals surface area contributed by atoms with Gasteiger partial charge in [-0.05, 0) is 66.4 Å². The molecule has 0 saturated carbocycles. The maximum Gasteiger partial charge on any atom is 0.264 e. The maximum absolute atomic E-state index is 14.0. The zero-order valence-corrected chi connectivity index (χ0v) is 26.4.